The summed E-state index contributed by atoms with van der Waals surface area (Å²) >= 11 is 5.68. The molecule has 0 spiro atoms. The van der Waals surface area contributed by atoms with Crippen molar-refractivity contribution in [2.75, 3.05) is 17.1 Å². The van der Waals surface area contributed by atoms with Crippen molar-refractivity contribution in [3.63, 3.8) is 0 Å². The van der Waals surface area contributed by atoms with Crippen LogP contribution in [0.2, 0.25) is 5.02 Å². The second kappa shape index (κ2) is 8.47. The first-order chi connectivity index (χ1) is 13.8. The average molecular weight is 435 g/mol. The lowest BCUT2D eigenvalue weighted by Crippen LogP contribution is -2.14. The molecule has 3 aromatic rings. The van der Waals surface area contributed by atoms with Crippen LogP contribution in [0.4, 0.5) is 15.8 Å². The maximum atomic E-state index is 14.0. The number of sulfonamides is 1. The zero-order valence-electron chi connectivity index (χ0n) is 15.2. The molecule has 0 atom stereocenters. The summed E-state index contributed by atoms with van der Waals surface area (Å²) in [4.78, 5) is -0.0467. The topological polar surface area (TPSA) is 87.7 Å². The van der Waals surface area contributed by atoms with E-state index < -0.39 is 15.8 Å². The van der Waals surface area contributed by atoms with E-state index in [0.29, 0.717) is 11.3 Å². The summed E-state index contributed by atoms with van der Waals surface area (Å²) in [5.41, 5.74) is 0.917. The van der Waals surface area contributed by atoms with Gasteiger partial charge in [0.1, 0.15) is 0 Å². The van der Waals surface area contributed by atoms with Gasteiger partial charge < -0.3 is 15.2 Å². The Morgan fingerprint density at radius 2 is 1.93 bits per heavy atom. The molecule has 0 amide bonds. The number of benzene rings is 2. The fraction of sp³-hybridized carbons (Fsp3) is 0.100. The van der Waals surface area contributed by atoms with Crippen molar-refractivity contribution in [2.45, 2.75) is 11.4 Å². The third-order valence-electron chi connectivity index (χ3n) is 4.00. The fourth-order valence-electron chi connectivity index (χ4n) is 2.48. The molecule has 0 heterocycles. The highest BCUT2D eigenvalue weighted by Gasteiger charge is 2.17. The second-order valence-corrected chi connectivity index (χ2v) is 8.00. The molecule has 6 nitrogen and oxygen atoms in total. The quantitative estimate of drug-likeness (QED) is 0.518. The number of ether oxygens (including phenoxy) is 1. The van der Waals surface area contributed by atoms with E-state index in [-0.39, 0.29) is 33.6 Å². The van der Waals surface area contributed by atoms with E-state index >= 15 is 0 Å². The Bertz CT molecular complexity index is 1120. The zero-order chi connectivity index (χ0) is 21.0. The van der Waals surface area contributed by atoms with Crippen molar-refractivity contribution in [3.05, 3.63) is 77.1 Å². The van der Waals surface area contributed by atoms with E-state index in [9.17, 15) is 17.9 Å². The minimum absolute atomic E-state index is 0.0467. The molecule has 0 fully saturated rings. The summed E-state index contributed by atoms with van der Waals surface area (Å²) in [6.45, 7) is 0.255. The van der Waals surface area contributed by atoms with E-state index in [2.05, 4.69) is 22.2 Å². The molecule has 0 aliphatic carbocycles. The number of halogens is 2. The van der Waals surface area contributed by atoms with Crippen molar-refractivity contribution in [1.82, 2.24) is 0 Å². The van der Waals surface area contributed by atoms with Crippen molar-refractivity contribution in [3.8, 4) is 11.5 Å². The van der Waals surface area contributed by atoms with Gasteiger partial charge in [-0.15, -0.1) is 0 Å². The highest BCUT2D eigenvalue weighted by atomic mass is 35.5. The minimum Gasteiger partial charge on any atom is -0.504 e. The van der Waals surface area contributed by atoms with Crippen molar-refractivity contribution in [1.29, 1.82) is 0 Å². The molecule has 0 unspecified atom stereocenters. The van der Waals surface area contributed by atoms with Crippen LogP contribution in [0, 0.1) is 17.9 Å². The van der Waals surface area contributed by atoms with Crippen LogP contribution >= 0.6 is 11.6 Å². The SMILES string of the molecule is COc1c#ccc(CNc2ccc(S(=O)(=O)Nc3cccc(Cl)c3F)cc2)c1O. The molecule has 0 saturated heterocycles. The van der Waals surface area contributed by atoms with Gasteiger partial charge in [0.2, 0.25) is 5.75 Å². The van der Waals surface area contributed by atoms with E-state index in [1.165, 1.54) is 37.4 Å². The Morgan fingerprint density at radius 1 is 1.21 bits per heavy atom. The molecule has 0 aliphatic heterocycles. The van der Waals surface area contributed by atoms with Gasteiger partial charge in [-0.25, -0.2) is 12.8 Å². The Kier molecular flexibility index (Phi) is 6.01. The van der Waals surface area contributed by atoms with Gasteiger partial charge in [0.05, 0.1) is 22.7 Å². The summed E-state index contributed by atoms with van der Waals surface area (Å²) in [5.74, 6) is -0.709. The predicted octanol–water partition coefficient (Wildman–Crippen LogP) is 4.21. The highest BCUT2D eigenvalue weighted by molar-refractivity contribution is 7.92. The maximum absolute atomic E-state index is 14.0. The summed E-state index contributed by atoms with van der Waals surface area (Å²) in [7, 11) is -2.58. The Hall–Kier alpha value is -3.15. The second-order valence-electron chi connectivity index (χ2n) is 5.91. The maximum Gasteiger partial charge on any atom is 0.261 e. The van der Waals surface area contributed by atoms with Gasteiger partial charge in [-0.3, -0.25) is 4.72 Å². The van der Waals surface area contributed by atoms with Crippen LogP contribution in [0.5, 0.6) is 11.5 Å². The van der Waals surface area contributed by atoms with Crippen LogP contribution < -0.4 is 14.8 Å². The lowest BCUT2D eigenvalue weighted by Gasteiger charge is -2.11. The molecular weight excluding hydrogens is 419 g/mol. The third kappa shape index (κ3) is 4.65. The summed E-state index contributed by atoms with van der Waals surface area (Å²) in [6, 6.07) is 16.8. The van der Waals surface area contributed by atoms with Gasteiger partial charge in [0.15, 0.2) is 11.6 Å². The van der Waals surface area contributed by atoms with Crippen LogP contribution in [-0.4, -0.2) is 20.6 Å². The van der Waals surface area contributed by atoms with Crippen molar-refractivity contribution < 1.29 is 22.7 Å². The molecule has 29 heavy (non-hydrogen) atoms. The number of nitrogens with one attached hydrogen (secondary N) is 2. The van der Waals surface area contributed by atoms with Crippen molar-refractivity contribution in [2.24, 2.45) is 0 Å². The van der Waals surface area contributed by atoms with Crippen LogP contribution in [0.1, 0.15) is 5.56 Å². The molecule has 0 bridgehead atoms. The molecule has 3 rings (SSSR count). The molecule has 0 radical (unpaired) electrons. The first-order valence-corrected chi connectivity index (χ1v) is 10.2. The van der Waals surface area contributed by atoms with Gasteiger partial charge in [-0.2, -0.15) is 0 Å². The first kappa shape index (κ1) is 20.6. The fourth-order valence-corrected chi connectivity index (χ4v) is 3.71. The largest absolute Gasteiger partial charge is 0.504 e. The third-order valence-corrected chi connectivity index (χ3v) is 5.67. The number of rotatable bonds is 7. The number of aromatic hydroxyl groups is 1. The molecule has 0 aliphatic rings. The van der Waals surface area contributed by atoms with Crippen molar-refractivity contribution >= 4 is 33.0 Å². The van der Waals surface area contributed by atoms with Crippen LogP contribution in [0.3, 0.4) is 0 Å². The Labute approximate surface area is 173 Å². The summed E-state index contributed by atoms with van der Waals surface area (Å²) in [5, 5.41) is 12.9. The minimum atomic E-state index is -3.99. The molecule has 3 aromatic carbocycles. The van der Waals surface area contributed by atoms with E-state index in [1.807, 2.05) is 0 Å². The summed E-state index contributed by atoms with van der Waals surface area (Å²) < 4.78 is 46.1. The standard InChI is InChI=1S/C20H16ClFN2O4S/c1-28-18-7-2-4-13(20(18)25)12-23-14-8-10-15(11-9-14)29(26,27)24-17-6-3-5-16(21)19(17)22/h3-6,8-11,23-25H,12H2,1H3. The Morgan fingerprint density at radius 3 is 2.62 bits per heavy atom. The molecule has 0 saturated carbocycles. The number of anilines is 2. The van der Waals surface area contributed by atoms with Gasteiger partial charge in [0.25, 0.3) is 10.0 Å². The predicted molar refractivity (Wildman–Crippen MR) is 108 cm³/mol. The highest BCUT2D eigenvalue weighted by Crippen LogP contribution is 2.28. The van der Waals surface area contributed by atoms with Gasteiger partial charge in [-0.1, -0.05) is 23.7 Å². The van der Waals surface area contributed by atoms with Gasteiger partial charge in [-0.05, 0) is 48.5 Å². The lowest BCUT2D eigenvalue weighted by molar-refractivity contribution is 0.371. The summed E-state index contributed by atoms with van der Waals surface area (Å²) in [6.07, 6.45) is 0. The first-order valence-electron chi connectivity index (χ1n) is 8.31. The molecule has 9 heteroatoms. The lowest BCUT2D eigenvalue weighted by atomic mass is 10.2. The van der Waals surface area contributed by atoms with Crippen LogP contribution in [-0.2, 0) is 16.6 Å². The van der Waals surface area contributed by atoms with E-state index in [0.717, 1.165) is 0 Å². The van der Waals surface area contributed by atoms with Gasteiger partial charge in [0, 0.05) is 17.8 Å². The van der Waals surface area contributed by atoms with E-state index in [4.69, 9.17) is 16.3 Å². The monoisotopic (exact) mass is 434 g/mol. The molecule has 3 N–H and O–H groups in total. The smallest absolute Gasteiger partial charge is 0.261 e. The number of hydrogen-bond donors (Lipinski definition) is 3. The molecular formula is C20H16ClFN2O4S. The normalized spacial score (nSPS) is 10.9. The zero-order valence-corrected chi connectivity index (χ0v) is 16.7. The average Bonchev–Trinajstić information content (AvgIpc) is 2.71. The Balaban J connectivity index is 1.72. The van der Waals surface area contributed by atoms with Crippen LogP contribution in [0.15, 0.2) is 53.4 Å². The van der Waals surface area contributed by atoms with E-state index in [1.54, 1.807) is 18.2 Å². The number of methoxy groups -OCH3 is 1. The van der Waals surface area contributed by atoms with Crippen LogP contribution in [0.25, 0.3) is 0 Å². The molecule has 150 valence electrons. The number of hydrogen-bond acceptors (Lipinski definition) is 5. The molecule has 0 aromatic heterocycles. The van der Waals surface area contributed by atoms with Gasteiger partial charge >= 0.3 is 0 Å².